The maximum atomic E-state index is 9.57. The van der Waals surface area contributed by atoms with E-state index in [1.807, 2.05) is 0 Å². The van der Waals surface area contributed by atoms with E-state index in [2.05, 4.69) is 0 Å². The lowest BCUT2D eigenvalue weighted by Crippen LogP contribution is -2.57. The molecule has 0 fully saturated rings. The topological polar surface area (TPSA) is 20.2 Å². The van der Waals surface area contributed by atoms with Crippen LogP contribution in [-0.4, -0.2) is 49.1 Å². The second kappa shape index (κ2) is 18.0. The van der Waals surface area contributed by atoms with Gasteiger partial charge in [0.15, 0.2) is 26.0 Å². The van der Waals surface area contributed by atoms with Crippen molar-refractivity contribution >= 4 is 313 Å². The number of alkyl halides is 27. The van der Waals surface area contributed by atoms with E-state index in [1.54, 1.807) is 0 Å². The summed E-state index contributed by atoms with van der Waals surface area (Å²) in [5.41, 5.74) is -1.75. The number of aliphatic hydroxyl groups excluding tert-OH is 1. The van der Waals surface area contributed by atoms with Gasteiger partial charge < -0.3 is 5.11 Å². The molecule has 0 unspecified atom stereocenters. The average Bonchev–Trinajstić information content (AvgIpc) is 2.90. The molecule has 1 aromatic rings. The monoisotopic (exact) mass is 1240 g/mol. The van der Waals surface area contributed by atoms with Crippen molar-refractivity contribution in [2.75, 3.05) is 6.61 Å². The molecule has 0 saturated heterocycles. The van der Waals surface area contributed by atoms with Crippen LogP contribution in [0.3, 0.4) is 0 Å². The van der Waals surface area contributed by atoms with Crippen molar-refractivity contribution in [3.05, 3.63) is 34.4 Å². The van der Waals surface area contributed by atoms with E-state index in [0.717, 1.165) is 12.1 Å². The SMILES string of the molecule is OCCCCc1c(C(Cl)(Cl)C(Cl)(Cl)C(Cl)(Cl)C(Cl)(Cl)Cl)cc(C(Cl)(Cl)C(Cl)(Cl)C(Cl)(Cl)C(Cl)(Cl)Cl)cc1C(Cl)(Cl)C(Cl)(Cl)C(Cl)(Cl)C(Cl)(Cl)Cl. The maximum absolute atomic E-state index is 9.57. The highest BCUT2D eigenvalue weighted by Crippen LogP contribution is 2.70. The molecular weight excluding hydrogens is 1240 g/mol. The summed E-state index contributed by atoms with van der Waals surface area (Å²) in [6.07, 6.45) is -0.0335. The van der Waals surface area contributed by atoms with Crippen molar-refractivity contribution in [2.45, 2.75) is 69.6 Å². The molecule has 0 spiro atoms. The molecule has 294 valence electrons. The van der Waals surface area contributed by atoms with Gasteiger partial charge in [0.1, 0.15) is 0 Å². The number of hydrogen-bond acceptors (Lipinski definition) is 1. The van der Waals surface area contributed by atoms with Gasteiger partial charge in [-0.05, 0) is 53.6 Å². The lowest BCUT2D eigenvalue weighted by Gasteiger charge is -2.48. The van der Waals surface area contributed by atoms with E-state index < -0.39 is 67.1 Å². The fraction of sp³-hybridized carbons (Fsp3) is 0.727. The minimum absolute atomic E-state index is 0.0784. The van der Waals surface area contributed by atoms with Gasteiger partial charge in [0.2, 0.25) is 24.4 Å². The van der Waals surface area contributed by atoms with Crippen molar-refractivity contribution in [3.8, 4) is 0 Å². The molecular formula is C22H11Cl27O. The Bertz CT molecular complexity index is 1290. The van der Waals surface area contributed by atoms with E-state index in [0.29, 0.717) is 0 Å². The molecule has 1 nitrogen and oxygen atoms in total. The maximum Gasteiger partial charge on any atom is 0.226 e. The van der Waals surface area contributed by atoms with Crippen LogP contribution >= 0.6 is 313 Å². The molecule has 0 heterocycles. The zero-order chi connectivity index (χ0) is 40.6. The quantitative estimate of drug-likeness (QED) is 0.154. The van der Waals surface area contributed by atoms with Crippen molar-refractivity contribution in [2.24, 2.45) is 0 Å². The van der Waals surface area contributed by atoms with Gasteiger partial charge in [0, 0.05) is 6.61 Å². The summed E-state index contributed by atoms with van der Waals surface area (Å²) < 4.78 is -34.3. The predicted octanol–water partition coefficient (Wildman–Crippen LogP) is 18.0. The molecule has 1 aromatic carbocycles. The van der Waals surface area contributed by atoms with Crippen LogP contribution in [0.1, 0.15) is 35.1 Å². The van der Waals surface area contributed by atoms with E-state index in [1.165, 1.54) is 0 Å². The largest absolute Gasteiger partial charge is 0.396 e. The third-order valence-corrected chi connectivity index (χ3v) is 22.9. The third kappa shape index (κ3) is 9.95. The lowest BCUT2D eigenvalue weighted by atomic mass is 9.86. The number of unbranched alkanes of at least 4 members (excludes halogenated alkanes) is 1. The molecule has 50 heavy (non-hydrogen) atoms. The highest BCUT2D eigenvalue weighted by atomic mass is 35.6. The first-order chi connectivity index (χ1) is 21.5. The number of hydrogen-bond donors (Lipinski definition) is 1. The summed E-state index contributed by atoms with van der Waals surface area (Å²) in [7, 11) is 0. The van der Waals surface area contributed by atoms with Crippen LogP contribution in [0.4, 0.5) is 0 Å². The van der Waals surface area contributed by atoms with E-state index >= 15 is 0 Å². The van der Waals surface area contributed by atoms with Crippen molar-refractivity contribution in [1.82, 2.24) is 0 Å². The summed E-state index contributed by atoms with van der Waals surface area (Å²) in [6, 6.07) is 1.94. The molecule has 1 N–H and O–H groups in total. The third-order valence-electron chi connectivity index (χ3n) is 6.56. The standard InChI is InChI=1S/C22H11Cl27O/c23-11(24,14(29,30)17(35,36)20(41,42)43)7-5-9(12(25,26)15(31,32)18(37,38)21(44,45)46)8(3-1-2-4-50)10(6-7)13(27,28)16(33,34)19(39,40)22(47,48)49/h5-6,50H,1-4H2. The van der Waals surface area contributed by atoms with Crippen LogP contribution in [-0.2, 0) is 19.4 Å². The molecule has 0 aromatic heterocycles. The van der Waals surface area contributed by atoms with Crippen molar-refractivity contribution in [1.29, 1.82) is 0 Å². The first-order valence-corrected chi connectivity index (χ1v) is 22.1. The molecule has 0 bridgehead atoms. The van der Waals surface area contributed by atoms with E-state index in [-0.39, 0.29) is 31.4 Å². The minimum atomic E-state index is -2.97. The summed E-state index contributed by atoms with van der Waals surface area (Å²) in [4.78, 5) is 0. The molecule has 0 amide bonds. The van der Waals surface area contributed by atoms with Gasteiger partial charge in [0.25, 0.3) is 0 Å². The number of benzene rings is 1. The molecule has 0 radical (unpaired) electrons. The second-order valence-corrected chi connectivity index (χ2v) is 28.7. The van der Waals surface area contributed by atoms with Gasteiger partial charge >= 0.3 is 0 Å². The average molecular weight is 1250 g/mol. The molecule has 28 heteroatoms. The smallest absolute Gasteiger partial charge is 0.226 e. The number of aliphatic hydroxyl groups is 1. The van der Waals surface area contributed by atoms with Gasteiger partial charge in [-0.1, -0.05) is 313 Å². The highest BCUT2D eigenvalue weighted by molar-refractivity contribution is 6.82. The molecule has 0 aliphatic carbocycles. The zero-order valence-electron chi connectivity index (χ0n) is 22.6. The summed E-state index contributed by atoms with van der Waals surface area (Å²) in [5, 5.41) is 9.57. The minimum Gasteiger partial charge on any atom is -0.396 e. The fourth-order valence-electron chi connectivity index (χ4n) is 3.74. The Hall–Kier alpha value is 7.01. The van der Waals surface area contributed by atoms with Crippen LogP contribution in [0, 0.1) is 0 Å². The van der Waals surface area contributed by atoms with Crippen LogP contribution in [0.2, 0.25) is 0 Å². The van der Waals surface area contributed by atoms with Gasteiger partial charge in [-0.2, -0.15) is 0 Å². The highest BCUT2D eigenvalue weighted by Gasteiger charge is 2.73. The van der Waals surface area contributed by atoms with Crippen molar-refractivity contribution in [3.63, 3.8) is 0 Å². The lowest BCUT2D eigenvalue weighted by molar-refractivity contribution is 0.284. The van der Waals surface area contributed by atoms with Gasteiger partial charge in [-0.25, -0.2) is 0 Å². The Morgan fingerprint density at radius 1 is 0.360 bits per heavy atom. The summed E-state index contributed by atoms with van der Waals surface area (Å²) in [5.74, 6) is 0. The van der Waals surface area contributed by atoms with E-state index in [4.69, 9.17) is 313 Å². The number of halogens is 27. The molecule has 0 atom stereocenters. The van der Waals surface area contributed by atoms with Gasteiger partial charge in [0.05, 0.1) is 0 Å². The fourth-order valence-corrected chi connectivity index (χ4v) is 10.5. The van der Waals surface area contributed by atoms with Crippen LogP contribution in [0.25, 0.3) is 0 Å². The first-order valence-electron chi connectivity index (χ1n) is 11.9. The first kappa shape index (κ1) is 55.0. The predicted molar refractivity (Wildman–Crippen MR) is 234 cm³/mol. The van der Waals surface area contributed by atoms with Gasteiger partial charge in [-0.3, -0.25) is 0 Å². The Labute approximate surface area is 422 Å². The van der Waals surface area contributed by atoms with Gasteiger partial charge in [-0.15, -0.1) is 0 Å². The molecule has 0 aliphatic rings. The van der Waals surface area contributed by atoms with Crippen LogP contribution in [0.5, 0.6) is 0 Å². The zero-order valence-corrected chi connectivity index (χ0v) is 43.0. The number of rotatable bonds is 13. The second-order valence-electron chi connectivity index (χ2n) is 9.89. The molecule has 0 saturated carbocycles. The Kier molecular flexibility index (Phi) is 19.8. The van der Waals surface area contributed by atoms with Crippen molar-refractivity contribution < 1.29 is 5.11 Å². The normalized spacial score (nSPS) is 15.9. The summed E-state index contributed by atoms with van der Waals surface area (Å²) in [6.45, 7) is -0.329. The Balaban J connectivity index is 4.79. The van der Waals surface area contributed by atoms with E-state index in [9.17, 15) is 5.11 Å². The Morgan fingerprint density at radius 2 is 0.620 bits per heavy atom. The summed E-state index contributed by atoms with van der Waals surface area (Å²) >= 11 is 174. The Morgan fingerprint density at radius 3 is 0.860 bits per heavy atom. The molecule has 0 aliphatic heterocycles. The van der Waals surface area contributed by atoms with Crippen LogP contribution < -0.4 is 0 Å². The van der Waals surface area contributed by atoms with Crippen LogP contribution in [0.15, 0.2) is 12.1 Å². The molecule has 1 rings (SSSR count).